The Balaban J connectivity index is 0.000000246. The van der Waals surface area contributed by atoms with Crippen LogP contribution in [0.3, 0.4) is 0 Å². The van der Waals surface area contributed by atoms with Crippen LogP contribution in [0.5, 0.6) is 0 Å². The Bertz CT molecular complexity index is 2460. The molecule has 0 radical (unpaired) electrons. The average molecular weight is 923 g/mol. The van der Waals surface area contributed by atoms with Crippen molar-refractivity contribution in [2.24, 2.45) is 0 Å². The normalized spacial score (nSPS) is 19.2. The van der Waals surface area contributed by atoms with Crippen LogP contribution in [-0.2, 0) is 44.8 Å². The van der Waals surface area contributed by atoms with Crippen LogP contribution in [0, 0.1) is 5.82 Å². The van der Waals surface area contributed by atoms with Crippen LogP contribution in [-0.4, -0.2) is 78.4 Å². The minimum Gasteiger partial charge on any atom is -0.305 e. The van der Waals surface area contributed by atoms with E-state index >= 15 is 0 Å². The van der Waals surface area contributed by atoms with E-state index in [0.29, 0.717) is 65.6 Å². The maximum atomic E-state index is 13.3. The van der Waals surface area contributed by atoms with Gasteiger partial charge in [0.1, 0.15) is 35.6 Å². The molecule has 0 bridgehead atoms. The van der Waals surface area contributed by atoms with E-state index in [-0.39, 0.29) is 47.8 Å². The number of benzene rings is 1. The Labute approximate surface area is 364 Å². The Kier molecular flexibility index (Phi) is 15.8. The number of rotatable bonds is 12. The molecule has 2 aliphatic rings. The van der Waals surface area contributed by atoms with Gasteiger partial charge >= 0.3 is 12.4 Å². The van der Waals surface area contributed by atoms with Crippen molar-refractivity contribution < 1.29 is 48.7 Å². The third-order valence-corrected chi connectivity index (χ3v) is 12.6. The first-order valence-electron chi connectivity index (χ1n) is 19.6. The lowest BCUT2D eigenvalue weighted by atomic mass is 10.0. The smallest absolute Gasteiger partial charge is 0.305 e. The Morgan fingerprint density at radius 3 is 1.63 bits per heavy atom. The van der Waals surface area contributed by atoms with Crippen molar-refractivity contribution in [3.05, 3.63) is 114 Å². The molecule has 2 aliphatic heterocycles. The Hall–Kier alpha value is -5.31. The molecule has 1 N–H and O–H groups in total. The zero-order valence-electron chi connectivity index (χ0n) is 33.8. The number of nitrogens with one attached hydrogen (secondary N) is 1. The van der Waals surface area contributed by atoms with Gasteiger partial charge in [0.05, 0.1) is 28.4 Å². The van der Waals surface area contributed by atoms with Crippen LogP contribution in [0.1, 0.15) is 75.1 Å². The number of halogens is 8. The van der Waals surface area contributed by atoms with E-state index in [2.05, 4.69) is 42.1 Å². The third-order valence-electron chi connectivity index (χ3n) is 10.5. The summed E-state index contributed by atoms with van der Waals surface area (Å²) in [4.78, 5) is 48.5. The number of Topliss-reactive ketones (excluding diaryl/α,β-unsaturated/α-hetero) is 2. The number of alkyl halides is 6. The average Bonchev–Trinajstić information content (AvgIpc) is 3.87. The highest BCUT2D eigenvalue weighted by molar-refractivity contribution is 7.89. The summed E-state index contributed by atoms with van der Waals surface area (Å²) in [6.07, 6.45) is -0.454. The molecule has 336 valence electrons. The van der Waals surface area contributed by atoms with Gasteiger partial charge in [0.15, 0.2) is 5.78 Å². The summed E-state index contributed by atoms with van der Waals surface area (Å²) in [6.45, 7) is 3.78. The minimum absolute atomic E-state index is 0. The van der Waals surface area contributed by atoms with E-state index in [9.17, 15) is 48.7 Å². The number of hydrogen-bond donors (Lipinski definition) is 1. The number of ketones is 2. The molecule has 4 aromatic heterocycles. The van der Waals surface area contributed by atoms with Gasteiger partial charge in [-0.25, -0.2) is 32.7 Å². The van der Waals surface area contributed by atoms with Crippen LogP contribution in [0.2, 0.25) is 0 Å². The van der Waals surface area contributed by atoms with E-state index in [1.165, 1.54) is 41.2 Å². The quantitative estimate of drug-likeness (QED) is 0.121. The van der Waals surface area contributed by atoms with Gasteiger partial charge in [0.25, 0.3) is 0 Å². The fourth-order valence-electron chi connectivity index (χ4n) is 7.23. The fraction of sp³-hybridized carbons (Fsp3) is 0.381. The molecule has 5 aromatic rings. The highest BCUT2D eigenvalue weighted by Gasteiger charge is 2.43. The highest BCUT2D eigenvalue weighted by Crippen LogP contribution is 2.33. The first-order chi connectivity index (χ1) is 29.3. The molecule has 21 heteroatoms. The lowest BCUT2D eigenvalue weighted by molar-refractivity contribution is -0.141. The lowest BCUT2D eigenvalue weighted by Gasteiger charge is -2.27. The zero-order chi connectivity index (χ0) is 44.8. The number of sulfonamides is 1. The second kappa shape index (κ2) is 20.5. The molecule has 63 heavy (non-hydrogen) atoms. The maximum Gasteiger partial charge on any atom is 0.433 e. The van der Waals surface area contributed by atoms with Gasteiger partial charge in [-0.1, -0.05) is 0 Å². The standard InChI is InChI=1S/C24H22F4N4O3S.C18H19F3N4O.ClH/c1-15-2-9-21(32(15)36(34,35)19-7-4-17(25)5-8-19)22(33)10-6-18-12-20(31-14-30-18)16-3-11-23(29-13-16)24(26,27)28;1-11-2-5-14(25-11)16(26)6-4-13-8-15(24-10-23-13)12-3-7-17(22-9-12)18(19,20)21;/h3-5,7-8,11-15,21H,2,6,9-10H2,1H3;3,7-11,14,25H,2,4-6H2,1H3;1H/t15-,21+;11-,14+;/m11./s1. The number of carbonyl (C=O) groups is 2. The van der Waals surface area contributed by atoms with Crippen molar-refractivity contribution >= 4 is 34.0 Å². The van der Waals surface area contributed by atoms with Crippen LogP contribution < -0.4 is 5.32 Å². The molecule has 1 aromatic carbocycles. The van der Waals surface area contributed by atoms with Crippen molar-refractivity contribution in [1.29, 1.82) is 0 Å². The summed E-state index contributed by atoms with van der Waals surface area (Å²) >= 11 is 0. The summed E-state index contributed by atoms with van der Waals surface area (Å²) < 4.78 is 117. The van der Waals surface area contributed by atoms with Crippen LogP contribution in [0.25, 0.3) is 22.5 Å². The van der Waals surface area contributed by atoms with Crippen LogP contribution in [0.15, 0.2) is 90.6 Å². The van der Waals surface area contributed by atoms with E-state index < -0.39 is 51.7 Å². The lowest BCUT2D eigenvalue weighted by Crippen LogP contribution is -2.44. The number of nitrogens with zero attached hydrogens (tertiary/aromatic N) is 7. The number of aromatic nitrogens is 6. The van der Waals surface area contributed by atoms with Gasteiger partial charge < -0.3 is 5.32 Å². The molecule has 0 unspecified atom stereocenters. The first kappa shape index (κ1) is 48.7. The second-order valence-electron chi connectivity index (χ2n) is 15.0. The molecular weight excluding hydrogens is 881 g/mol. The molecule has 2 saturated heterocycles. The predicted octanol–water partition coefficient (Wildman–Crippen LogP) is 8.06. The third kappa shape index (κ3) is 12.5. The van der Waals surface area contributed by atoms with Crippen molar-refractivity contribution in [1.82, 2.24) is 39.5 Å². The summed E-state index contributed by atoms with van der Waals surface area (Å²) in [5, 5.41) is 3.26. The molecule has 6 heterocycles. The van der Waals surface area contributed by atoms with Gasteiger partial charge in [-0.2, -0.15) is 30.6 Å². The molecule has 0 spiro atoms. The summed E-state index contributed by atoms with van der Waals surface area (Å²) in [5.41, 5.74) is 0.858. The van der Waals surface area contributed by atoms with Gasteiger partial charge in [0, 0.05) is 59.8 Å². The highest BCUT2D eigenvalue weighted by atomic mass is 35.5. The van der Waals surface area contributed by atoms with E-state index in [4.69, 9.17) is 0 Å². The largest absolute Gasteiger partial charge is 0.433 e. The molecule has 2 fully saturated rings. The number of pyridine rings is 2. The first-order valence-corrected chi connectivity index (χ1v) is 21.0. The Morgan fingerprint density at radius 2 is 1.19 bits per heavy atom. The van der Waals surface area contributed by atoms with E-state index in [0.717, 1.165) is 49.5 Å². The predicted molar refractivity (Wildman–Crippen MR) is 218 cm³/mol. The molecule has 7 rings (SSSR count). The zero-order valence-corrected chi connectivity index (χ0v) is 35.4. The SMILES string of the molecule is C[C@@H]1CC[C@@H](C(=O)CCc2cc(-c3ccc(C(F)(F)F)nc3)ncn2)N1.C[C@@H]1CC[C@@H](C(=O)CCc2cc(-c3ccc(C(F)(F)F)nc3)ncn2)N1S(=O)(=O)c1ccc(F)cc1.Cl. The summed E-state index contributed by atoms with van der Waals surface area (Å²) in [6, 6.07) is 11.1. The van der Waals surface area contributed by atoms with E-state index in [1.54, 1.807) is 19.1 Å². The van der Waals surface area contributed by atoms with Crippen molar-refractivity contribution in [2.45, 2.75) is 107 Å². The van der Waals surface area contributed by atoms with Crippen molar-refractivity contribution in [2.75, 3.05) is 0 Å². The maximum absolute atomic E-state index is 13.3. The molecule has 0 aliphatic carbocycles. The molecule has 0 amide bonds. The second-order valence-corrected chi connectivity index (χ2v) is 16.9. The topological polar surface area (TPSA) is 161 Å². The Morgan fingerprint density at radius 1 is 0.683 bits per heavy atom. The summed E-state index contributed by atoms with van der Waals surface area (Å²) in [7, 11) is -4.01. The summed E-state index contributed by atoms with van der Waals surface area (Å²) in [5.74, 6) is -0.681. The van der Waals surface area contributed by atoms with Crippen LogP contribution >= 0.6 is 12.4 Å². The molecule has 12 nitrogen and oxygen atoms in total. The van der Waals surface area contributed by atoms with Crippen molar-refractivity contribution in [3.63, 3.8) is 0 Å². The van der Waals surface area contributed by atoms with Gasteiger partial charge in [-0.3, -0.25) is 19.6 Å². The number of hydrogen-bond acceptors (Lipinski definition) is 11. The van der Waals surface area contributed by atoms with Gasteiger partial charge in [-0.15, -0.1) is 12.4 Å². The molecule has 4 atom stereocenters. The molecule has 0 saturated carbocycles. The van der Waals surface area contributed by atoms with Crippen LogP contribution in [0.4, 0.5) is 30.7 Å². The fourth-order valence-corrected chi connectivity index (χ4v) is 9.09. The van der Waals surface area contributed by atoms with Gasteiger partial charge in [0.2, 0.25) is 10.0 Å². The molecular formula is C42H42ClF7N8O4S. The minimum atomic E-state index is -4.55. The monoisotopic (exact) mass is 922 g/mol. The van der Waals surface area contributed by atoms with Gasteiger partial charge in [-0.05, 0) is 113 Å². The van der Waals surface area contributed by atoms with E-state index in [1.807, 2.05) is 0 Å². The number of aryl methyl sites for hydroxylation is 2. The van der Waals surface area contributed by atoms with Crippen molar-refractivity contribution in [3.8, 4) is 22.5 Å². The number of carbonyl (C=O) groups excluding carboxylic acids is 2.